The first kappa shape index (κ1) is 28.0. The van der Waals surface area contributed by atoms with Crippen LogP contribution in [0.2, 0.25) is 0 Å². The quantitative estimate of drug-likeness (QED) is 0.130. The van der Waals surface area contributed by atoms with Gasteiger partial charge >= 0.3 is 0 Å². The number of H-pyrrole nitrogens is 1. The number of carbonyl (C=O) groups excluding carboxylic acids is 3. The molecule has 8 heteroatoms. The first-order valence-corrected chi connectivity index (χ1v) is 14.1. The van der Waals surface area contributed by atoms with E-state index < -0.39 is 28.5 Å². The molecule has 2 heterocycles. The zero-order chi connectivity index (χ0) is 30.8. The van der Waals surface area contributed by atoms with Gasteiger partial charge in [-0.2, -0.15) is 0 Å². The first-order chi connectivity index (χ1) is 20.5. The van der Waals surface area contributed by atoms with Gasteiger partial charge in [0.25, 0.3) is 0 Å². The number of phenols is 2. The zero-order valence-corrected chi connectivity index (χ0v) is 24.6. The van der Waals surface area contributed by atoms with Crippen molar-refractivity contribution in [2.75, 3.05) is 6.54 Å². The Bertz CT molecular complexity index is 1930. The number of aromatic amines is 1. The van der Waals surface area contributed by atoms with Gasteiger partial charge in [-0.05, 0) is 51.8 Å². The van der Waals surface area contributed by atoms with E-state index in [1.807, 2.05) is 43.3 Å². The van der Waals surface area contributed by atoms with Crippen molar-refractivity contribution in [2.45, 2.75) is 46.0 Å². The molecule has 2 atom stereocenters. The molecule has 218 valence electrons. The van der Waals surface area contributed by atoms with E-state index in [-0.39, 0.29) is 45.4 Å². The average Bonchev–Trinajstić information content (AvgIpc) is 3.46. The van der Waals surface area contributed by atoms with Gasteiger partial charge in [0.05, 0.1) is 11.1 Å². The third-order valence-electron chi connectivity index (χ3n) is 8.82. The van der Waals surface area contributed by atoms with Crippen LogP contribution in [0.4, 0.5) is 0 Å². The lowest BCUT2D eigenvalue weighted by molar-refractivity contribution is -0.123. The van der Waals surface area contributed by atoms with E-state index >= 15 is 0 Å². The number of rotatable bonds is 6. The number of phenolic OH excluding ortho intramolecular Hbond substituents is 2. The van der Waals surface area contributed by atoms with Crippen LogP contribution in [0.5, 0.6) is 17.2 Å². The molecule has 0 saturated carbocycles. The maximum Gasteiger partial charge on any atom is 0.194 e. The number of aromatic nitrogens is 1. The molecule has 6 rings (SSSR count). The van der Waals surface area contributed by atoms with Gasteiger partial charge in [-0.3, -0.25) is 14.4 Å². The largest absolute Gasteiger partial charge is 0.507 e. The molecule has 4 aromatic rings. The molecule has 0 bridgehead atoms. The van der Waals surface area contributed by atoms with E-state index in [1.165, 1.54) is 19.9 Å². The van der Waals surface area contributed by atoms with Crippen LogP contribution in [0.15, 0.2) is 77.7 Å². The number of ether oxygens (including phenoxy) is 1. The number of Topliss-reactive ketones (excluding diaryl/α,β-unsaturated/α-hetero) is 2. The Morgan fingerprint density at radius 1 is 1.00 bits per heavy atom. The fraction of sp³-hybridized carbons (Fsp3) is 0.229. The molecule has 1 aliphatic heterocycles. The molecule has 43 heavy (non-hydrogen) atoms. The summed E-state index contributed by atoms with van der Waals surface area (Å²) < 4.78 is 5.88. The molecule has 8 nitrogen and oxygen atoms in total. The highest BCUT2D eigenvalue weighted by molar-refractivity contribution is 6.31. The molecule has 0 unspecified atom stereocenters. The van der Waals surface area contributed by atoms with E-state index in [1.54, 1.807) is 13.8 Å². The maximum absolute atomic E-state index is 14.2. The Hall–Kier alpha value is -5.11. The fourth-order valence-electron chi connectivity index (χ4n) is 6.53. The summed E-state index contributed by atoms with van der Waals surface area (Å²) in [4.78, 5) is 43.6. The number of carbonyl (C=O) groups is 3. The van der Waals surface area contributed by atoms with Crippen molar-refractivity contribution in [3.8, 4) is 17.2 Å². The number of ketones is 3. The minimum Gasteiger partial charge on any atom is -0.507 e. The van der Waals surface area contributed by atoms with Gasteiger partial charge in [0, 0.05) is 46.4 Å². The standard InChI is InChI=1S/C35H32N2O6/c1-17-31(40)29(20(4)38)33-30(32(17)41)35(5)26(43-33)15-25(39)28(34(35)42)18(2)36-16-23(21-11-7-6-8-12-21)27-19(3)37-24-14-10-9-13-22(24)27/h6-15,23,36-37,40-41H,16H2,1-5H3/b28-18+/t23-,35+/m1/s1. The molecule has 0 amide bonds. The molecular formula is C35H32N2O6. The highest BCUT2D eigenvalue weighted by Crippen LogP contribution is 2.57. The summed E-state index contributed by atoms with van der Waals surface area (Å²) >= 11 is 0. The Labute approximate surface area is 248 Å². The summed E-state index contributed by atoms with van der Waals surface area (Å²) in [7, 11) is 0. The van der Waals surface area contributed by atoms with Crippen molar-refractivity contribution in [3.05, 3.63) is 111 Å². The predicted molar refractivity (Wildman–Crippen MR) is 163 cm³/mol. The van der Waals surface area contributed by atoms with Crippen LogP contribution in [-0.2, 0) is 15.0 Å². The molecule has 0 saturated heterocycles. The van der Waals surface area contributed by atoms with Gasteiger partial charge in [0.1, 0.15) is 34.0 Å². The summed E-state index contributed by atoms with van der Waals surface area (Å²) in [6, 6.07) is 18.2. The smallest absolute Gasteiger partial charge is 0.194 e. The van der Waals surface area contributed by atoms with Crippen LogP contribution in [0.25, 0.3) is 10.9 Å². The van der Waals surface area contributed by atoms with Crippen LogP contribution >= 0.6 is 0 Å². The zero-order valence-electron chi connectivity index (χ0n) is 24.6. The first-order valence-electron chi connectivity index (χ1n) is 14.1. The maximum atomic E-state index is 14.2. The number of nitrogens with one attached hydrogen (secondary N) is 2. The highest BCUT2D eigenvalue weighted by Gasteiger charge is 2.56. The number of aromatic hydroxyl groups is 2. The lowest BCUT2D eigenvalue weighted by Gasteiger charge is -2.29. The summed E-state index contributed by atoms with van der Waals surface area (Å²) in [5.74, 6) is -2.57. The Kier molecular flexibility index (Phi) is 6.53. The van der Waals surface area contributed by atoms with E-state index in [9.17, 15) is 24.6 Å². The van der Waals surface area contributed by atoms with Gasteiger partial charge in [0.2, 0.25) is 0 Å². The van der Waals surface area contributed by atoms with Crippen molar-refractivity contribution in [2.24, 2.45) is 0 Å². The monoisotopic (exact) mass is 576 g/mol. The van der Waals surface area contributed by atoms with E-state index in [0.29, 0.717) is 12.2 Å². The van der Waals surface area contributed by atoms with Crippen molar-refractivity contribution in [1.29, 1.82) is 0 Å². The number of para-hydroxylation sites is 1. The van der Waals surface area contributed by atoms with Crippen LogP contribution in [0.1, 0.15) is 65.0 Å². The molecule has 1 aromatic heterocycles. The lowest BCUT2D eigenvalue weighted by Crippen LogP contribution is -2.41. The van der Waals surface area contributed by atoms with Crippen LogP contribution < -0.4 is 10.1 Å². The number of fused-ring (bicyclic) bond motifs is 4. The van der Waals surface area contributed by atoms with Crippen molar-refractivity contribution in [1.82, 2.24) is 10.3 Å². The van der Waals surface area contributed by atoms with Gasteiger partial charge in [0.15, 0.2) is 17.3 Å². The molecule has 2 aliphatic rings. The summed E-state index contributed by atoms with van der Waals surface area (Å²) in [6.07, 6.45) is 1.23. The topological polar surface area (TPSA) is 129 Å². The Morgan fingerprint density at radius 2 is 1.67 bits per heavy atom. The van der Waals surface area contributed by atoms with Gasteiger partial charge in [-0.1, -0.05) is 48.5 Å². The number of hydrogen-bond donors (Lipinski definition) is 4. The predicted octanol–water partition coefficient (Wildman–Crippen LogP) is 5.78. The van der Waals surface area contributed by atoms with E-state index in [4.69, 9.17) is 4.74 Å². The van der Waals surface area contributed by atoms with E-state index in [0.717, 1.165) is 27.7 Å². The van der Waals surface area contributed by atoms with E-state index in [2.05, 4.69) is 28.5 Å². The molecule has 4 N–H and O–H groups in total. The SMILES string of the molecule is CC(=O)c1c(O)c(C)c(O)c2c1OC1=CC(=O)/C(=C(/C)NC[C@H](c3ccccc3)c3c(C)[nH]c4ccccc34)C(=O)[C@@]12C. The number of allylic oxidation sites excluding steroid dienone is 4. The summed E-state index contributed by atoms with van der Waals surface area (Å²) in [5, 5.41) is 26.2. The van der Waals surface area contributed by atoms with Crippen molar-refractivity contribution >= 4 is 28.3 Å². The minimum absolute atomic E-state index is 0.00781. The lowest BCUT2D eigenvalue weighted by atomic mass is 9.70. The molecular weight excluding hydrogens is 544 g/mol. The number of hydrogen-bond acceptors (Lipinski definition) is 7. The van der Waals surface area contributed by atoms with Crippen molar-refractivity contribution < 1.29 is 29.3 Å². The molecule has 0 spiro atoms. The fourth-order valence-corrected chi connectivity index (χ4v) is 6.53. The minimum atomic E-state index is -1.57. The second-order valence-electron chi connectivity index (χ2n) is 11.4. The van der Waals surface area contributed by atoms with Crippen LogP contribution in [0, 0.1) is 13.8 Å². The second kappa shape index (κ2) is 10.0. The third kappa shape index (κ3) is 4.08. The highest BCUT2D eigenvalue weighted by atomic mass is 16.5. The summed E-state index contributed by atoms with van der Waals surface area (Å²) in [6.45, 7) is 8.42. The van der Waals surface area contributed by atoms with Gasteiger partial charge in [-0.25, -0.2) is 0 Å². The average molecular weight is 577 g/mol. The Morgan fingerprint density at radius 3 is 2.37 bits per heavy atom. The van der Waals surface area contributed by atoms with Crippen LogP contribution in [0.3, 0.4) is 0 Å². The van der Waals surface area contributed by atoms with Gasteiger partial charge in [-0.15, -0.1) is 0 Å². The molecule has 0 fully saturated rings. The normalized spacial score (nSPS) is 19.4. The second-order valence-corrected chi connectivity index (χ2v) is 11.4. The van der Waals surface area contributed by atoms with Gasteiger partial charge < -0.3 is 25.3 Å². The van der Waals surface area contributed by atoms with Crippen LogP contribution in [-0.4, -0.2) is 39.1 Å². The molecule has 0 radical (unpaired) electrons. The number of aryl methyl sites for hydroxylation is 1. The van der Waals surface area contributed by atoms with Crippen molar-refractivity contribution in [3.63, 3.8) is 0 Å². The number of benzene rings is 3. The third-order valence-corrected chi connectivity index (χ3v) is 8.82. The Balaban J connectivity index is 1.43. The summed E-state index contributed by atoms with van der Waals surface area (Å²) in [5.41, 5.74) is 3.01. The molecule has 3 aromatic carbocycles. The molecule has 1 aliphatic carbocycles.